The van der Waals surface area contributed by atoms with E-state index in [0.29, 0.717) is 6.04 Å². The van der Waals surface area contributed by atoms with Crippen LogP contribution in [0.1, 0.15) is 18.5 Å². The van der Waals surface area contributed by atoms with E-state index in [9.17, 15) is 0 Å². The Morgan fingerprint density at radius 2 is 2.38 bits per heavy atom. The first-order valence-electron chi connectivity index (χ1n) is 4.67. The maximum Gasteiger partial charge on any atom is 0.134 e. The largest absolute Gasteiger partial charge is 0.324 e. The molecular formula is C11H15N2+. The van der Waals surface area contributed by atoms with Gasteiger partial charge >= 0.3 is 0 Å². The van der Waals surface area contributed by atoms with Gasteiger partial charge in [0.1, 0.15) is 6.04 Å². The van der Waals surface area contributed by atoms with Crippen molar-refractivity contribution in [1.29, 1.82) is 0 Å². The first-order valence-corrected chi connectivity index (χ1v) is 4.67. The average molecular weight is 175 g/mol. The number of pyridine rings is 1. The molecule has 2 unspecified atom stereocenters. The molecule has 1 aromatic heterocycles. The van der Waals surface area contributed by atoms with Crippen LogP contribution in [-0.2, 0) is 0 Å². The lowest BCUT2D eigenvalue weighted by Gasteiger charge is -2.15. The van der Waals surface area contributed by atoms with Crippen LogP contribution < -0.4 is 4.90 Å². The van der Waals surface area contributed by atoms with Crippen molar-refractivity contribution in [2.24, 2.45) is 0 Å². The van der Waals surface area contributed by atoms with Crippen LogP contribution in [0.2, 0.25) is 0 Å². The van der Waals surface area contributed by atoms with E-state index >= 15 is 0 Å². The van der Waals surface area contributed by atoms with Crippen molar-refractivity contribution in [3.8, 4) is 0 Å². The molecule has 2 atom stereocenters. The maximum absolute atomic E-state index is 4.15. The smallest absolute Gasteiger partial charge is 0.134 e. The standard InChI is InChI=1S/C11H14N2/c1-9-6-11(13(2)8-9)10-4-3-5-12-7-10/h3-7,11H,8H2,1-2H3/p+1. The summed E-state index contributed by atoms with van der Waals surface area (Å²) in [7, 11) is 2.23. The Morgan fingerprint density at radius 1 is 1.54 bits per heavy atom. The number of hydrogen-bond donors (Lipinski definition) is 1. The fourth-order valence-electron chi connectivity index (χ4n) is 1.98. The molecule has 2 nitrogen and oxygen atoms in total. The minimum atomic E-state index is 0.508. The van der Waals surface area contributed by atoms with E-state index in [4.69, 9.17) is 0 Å². The van der Waals surface area contributed by atoms with Crippen molar-refractivity contribution in [3.05, 3.63) is 41.7 Å². The Morgan fingerprint density at radius 3 is 2.92 bits per heavy atom. The summed E-state index contributed by atoms with van der Waals surface area (Å²) in [5, 5.41) is 0. The number of likely N-dealkylation sites (N-methyl/N-ethyl adjacent to an activating group) is 1. The molecule has 0 radical (unpaired) electrons. The molecule has 2 heterocycles. The molecule has 0 fully saturated rings. The molecule has 0 saturated heterocycles. The van der Waals surface area contributed by atoms with Crippen molar-refractivity contribution in [2.45, 2.75) is 13.0 Å². The normalized spacial score (nSPS) is 27.4. The highest BCUT2D eigenvalue weighted by Gasteiger charge is 2.24. The molecule has 68 valence electrons. The van der Waals surface area contributed by atoms with Crippen molar-refractivity contribution < 1.29 is 4.90 Å². The second kappa shape index (κ2) is 3.30. The highest BCUT2D eigenvalue weighted by Crippen LogP contribution is 2.14. The van der Waals surface area contributed by atoms with E-state index in [1.54, 1.807) is 0 Å². The van der Waals surface area contributed by atoms with Crippen LogP contribution in [0.15, 0.2) is 36.2 Å². The quantitative estimate of drug-likeness (QED) is 0.619. The molecule has 1 aliphatic rings. The van der Waals surface area contributed by atoms with E-state index < -0.39 is 0 Å². The number of rotatable bonds is 1. The lowest BCUT2D eigenvalue weighted by atomic mass is 10.1. The van der Waals surface area contributed by atoms with Gasteiger partial charge in [0.15, 0.2) is 0 Å². The molecule has 0 bridgehead atoms. The number of nitrogens with zero attached hydrogens (tertiary/aromatic N) is 1. The molecule has 0 aliphatic carbocycles. The van der Waals surface area contributed by atoms with Gasteiger partial charge in [0.2, 0.25) is 0 Å². The molecule has 2 rings (SSSR count). The Kier molecular flexibility index (Phi) is 2.15. The van der Waals surface area contributed by atoms with E-state index in [-0.39, 0.29) is 0 Å². The van der Waals surface area contributed by atoms with Gasteiger partial charge in [0, 0.05) is 18.0 Å². The van der Waals surface area contributed by atoms with Gasteiger partial charge in [-0.3, -0.25) is 4.98 Å². The third kappa shape index (κ3) is 1.63. The fourth-order valence-corrected chi connectivity index (χ4v) is 1.98. The van der Waals surface area contributed by atoms with Gasteiger partial charge in [-0.25, -0.2) is 0 Å². The first kappa shape index (κ1) is 8.45. The summed E-state index contributed by atoms with van der Waals surface area (Å²) < 4.78 is 0. The highest BCUT2D eigenvalue weighted by atomic mass is 15.1. The predicted octanol–water partition coefficient (Wildman–Crippen LogP) is 0.597. The van der Waals surface area contributed by atoms with Crippen LogP contribution in [0, 0.1) is 0 Å². The fraction of sp³-hybridized carbons (Fsp3) is 0.364. The lowest BCUT2D eigenvalue weighted by molar-refractivity contribution is -0.894. The van der Waals surface area contributed by atoms with Crippen LogP contribution in [-0.4, -0.2) is 18.6 Å². The topological polar surface area (TPSA) is 17.3 Å². The van der Waals surface area contributed by atoms with Crippen LogP contribution in [0.5, 0.6) is 0 Å². The number of aromatic nitrogens is 1. The minimum absolute atomic E-state index is 0.508. The first-order chi connectivity index (χ1) is 6.27. The summed E-state index contributed by atoms with van der Waals surface area (Å²) in [6.07, 6.45) is 6.12. The van der Waals surface area contributed by atoms with Crippen LogP contribution in [0.25, 0.3) is 0 Å². The number of nitrogens with one attached hydrogen (secondary N) is 1. The Balaban J connectivity index is 2.27. The third-order valence-electron chi connectivity index (χ3n) is 2.58. The second-order valence-corrected chi connectivity index (χ2v) is 3.80. The van der Waals surface area contributed by atoms with Crippen molar-refractivity contribution in [1.82, 2.24) is 4.98 Å². The van der Waals surface area contributed by atoms with Gasteiger partial charge in [-0.2, -0.15) is 0 Å². The Labute approximate surface area is 78.9 Å². The third-order valence-corrected chi connectivity index (χ3v) is 2.58. The molecular weight excluding hydrogens is 160 g/mol. The molecule has 1 aromatic rings. The van der Waals surface area contributed by atoms with Gasteiger partial charge in [0.05, 0.1) is 13.6 Å². The molecule has 13 heavy (non-hydrogen) atoms. The zero-order valence-corrected chi connectivity index (χ0v) is 8.12. The van der Waals surface area contributed by atoms with Gasteiger partial charge in [-0.05, 0) is 30.7 Å². The van der Waals surface area contributed by atoms with Crippen LogP contribution >= 0.6 is 0 Å². The second-order valence-electron chi connectivity index (χ2n) is 3.80. The number of hydrogen-bond acceptors (Lipinski definition) is 1. The SMILES string of the molecule is CC1=CC(c2cccnc2)[NH+](C)C1. The lowest BCUT2D eigenvalue weighted by Crippen LogP contribution is -3.07. The molecule has 0 spiro atoms. The average Bonchev–Trinajstić information content (AvgIpc) is 2.47. The Hall–Kier alpha value is -1.15. The zero-order chi connectivity index (χ0) is 9.26. The molecule has 0 aromatic carbocycles. The minimum Gasteiger partial charge on any atom is -0.324 e. The number of quaternary nitrogens is 1. The summed E-state index contributed by atoms with van der Waals surface area (Å²) in [6, 6.07) is 4.66. The van der Waals surface area contributed by atoms with E-state index in [1.807, 2.05) is 18.5 Å². The van der Waals surface area contributed by atoms with E-state index in [0.717, 1.165) is 6.54 Å². The Bertz CT molecular complexity index is 316. The van der Waals surface area contributed by atoms with Crippen LogP contribution in [0.3, 0.4) is 0 Å². The molecule has 0 saturated carbocycles. The van der Waals surface area contributed by atoms with Crippen molar-refractivity contribution >= 4 is 0 Å². The van der Waals surface area contributed by atoms with Crippen molar-refractivity contribution in [3.63, 3.8) is 0 Å². The van der Waals surface area contributed by atoms with Gasteiger partial charge in [0.25, 0.3) is 0 Å². The summed E-state index contributed by atoms with van der Waals surface area (Å²) in [5.41, 5.74) is 2.79. The molecule has 0 amide bonds. The zero-order valence-electron chi connectivity index (χ0n) is 8.12. The van der Waals surface area contributed by atoms with Gasteiger partial charge < -0.3 is 4.90 Å². The summed E-state index contributed by atoms with van der Waals surface area (Å²) in [6.45, 7) is 3.35. The molecule has 1 aliphatic heterocycles. The van der Waals surface area contributed by atoms with Gasteiger partial charge in [-0.1, -0.05) is 0 Å². The van der Waals surface area contributed by atoms with Gasteiger partial charge in [-0.15, -0.1) is 0 Å². The maximum atomic E-state index is 4.15. The molecule has 2 heteroatoms. The van der Waals surface area contributed by atoms with E-state index in [1.165, 1.54) is 16.0 Å². The monoisotopic (exact) mass is 175 g/mol. The molecule has 1 N–H and O–H groups in total. The van der Waals surface area contributed by atoms with E-state index in [2.05, 4.69) is 31.1 Å². The summed E-state index contributed by atoms with van der Waals surface area (Å²) >= 11 is 0. The highest BCUT2D eigenvalue weighted by molar-refractivity contribution is 5.21. The predicted molar refractivity (Wildman–Crippen MR) is 52.5 cm³/mol. The summed E-state index contributed by atoms with van der Waals surface area (Å²) in [5.74, 6) is 0. The van der Waals surface area contributed by atoms with Crippen molar-refractivity contribution in [2.75, 3.05) is 13.6 Å². The summed E-state index contributed by atoms with van der Waals surface area (Å²) in [4.78, 5) is 5.68. The van der Waals surface area contributed by atoms with Crippen LogP contribution in [0.4, 0.5) is 0 Å².